The number of piperidine rings is 1. The fourth-order valence-electron chi connectivity index (χ4n) is 3.58. The lowest BCUT2D eigenvalue weighted by atomic mass is 10.1. The van der Waals surface area contributed by atoms with Crippen molar-refractivity contribution < 1.29 is 4.39 Å². The van der Waals surface area contributed by atoms with Gasteiger partial charge < -0.3 is 11.1 Å². The van der Waals surface area contributed by atoms with Gasteiger partial charge in [0.05, 0.1) is 28.0 Å². The molecule has 8 heteroatoms. The van der Waals surface area contributed by atoms with Gasteiger partial charge in [0.2, 0.25) is 0 Å². The number of nitrogen functional groups attached to an aromatic ring is 1. The van der Waals surface area contributed by atoms with Crippen molar-refractivity contribution >= 4 is 27.4 Å². The van der Waals surface area contributed by atoms with Crippen LogP contribution in [-0.2, 0) is 0 Å². The van der Waals surface area contributed by atoms with Gasteiger partial charge in [-0.05, 0) is 50.2 Å². The fourth-order valence-corrected chi connectivity index (χ4v) is 4.59. The highest BCUT2D eigenvalue weighted by Gasteiger charge is 2.17. The van der Waals surface area contributed by atoms with Crippen LogP contribution in [0.5, 0.6) is 0 Å². The molecule has 0 bridgehead atoms. The molecule has 0 amide bonds. The zero-order valence-corrected chi connectivity index (χ0v) is 15.9. The fraction of sp³-hybridized carbons (Fsp3) is 0.250. The van der Waals surface area contributed by atoms with Crippen molar-refractivity contribution in [1.82, 2.24) is 25.1 Å². The maximum Gasteiger partial charge on any atom is 0.133 e. The average molecular weight is 394 g/mol. The van der Waals surface area contributed by atoms with Crippen LogP contribution in [0.2, 0.25) is 0 Å². The quantitative estimate of drug-likeness (QED) is 0.551. The van der Waals surface area contributed by atoms with Gasteiger partial charge in [-0.2, -0.15) is 5.10 Å². The molecule has 0 spiro atoms. The molecule has 0 atom stereocenters. The highest BCUT2D eigenvalue weighted by atomic mass is 32.1. The molecule has 4 heterocycles. The number of aromatic nitrogens is 4. The molecule has 6 nitrogen and oxygen atoms in total. The van der Waals surface area contributed by atoms with Crippen LogP contribution in [-0.4, -0.2) is 32.8 Å². The molecule has 0 radical (unpaired) electrons. The zero-order chi connectivity index (χ0) is 19.1. The van der Waals surface area contributed by atoms with Crippen molar-refractivity contribution in [3.63, 3.8) is 0 Å². The van der Waals surface area contributed by atoms with Gasteiger partial charge >= 0.3 is 0 Å². The monoisotopic (exact) mass is 394 g/mol. The van der Waals surface area contributed by atoms with Gasteiger partial charge in [-0.3, -0.25) is 4.68 Å². The van der Waals surface area contributed by atoms with Crippen molar-refractivity contribution in [3.05, 3.63) is 48.7 Å². The summed E-state index contributed by atoms with van der Waals surface area (Å²) in [5, 5.41) is 8.67. The minimum absolute atomic E-state index is 0.270. The summed E-state index contributed by atoms with van der Waals surface area (Å²) in [7, 11) is 0. The van der Waals surface area contributed by atoms with E-state index in [1.165, 1.54) is 23.5 Å². The Bertz CT molecular complexity index is 1140. The summed E-state index contributed by atoms with van der Waals surface area (Å²) >= 11 is 1.41. The lowest BCUT2D eigenvalue weighted by molar-refractivity contribution is 0.343. The number of nitrogens with zero attached hydrogens (tertiary/aromatic N) is 4. The second-order valence-corrected chi connectivity index (χ2v) is 8.01. The van der Waals surface area contributed by atoms with Gasteiger partial charge in [0.1, 0.15) is 16.6 Å². The molecule has 3 aromatic heterocycles. The molecular formula is C20H19FN6S. The second kappa shape index (κ2) is 6.96. The topological polar surface area (TPSA) is 81.6 Å². The van der Waals surface area contributed by atoms with Gasteiger partial charge in [0.25, 0.3) is 0 Å². The van der Waals surface area contributed by atoms with Crippen LogP contribution < -0.4 is 11.1 Å². The Morgan fingerprint density at radius 3 is 2.86 bits per heavy atom. The first kappa shape index (κ1) is 17.3. The molecule has 1 aliphatic heterocycles. The summed E-state index contributed by atoms with van der Waals surface area (Å²) in [6.45, 7) is 2.04. The Morgan fingerprint density at radius 1 is 1.14 bits per heavy atom. The van der Waals surface area contributed by atoms with E-state index in [1.807, 2.05) is 16.9 Å². The maximum absolute atomic E-state index is 13.5. The van der Waals surface area contributed by atoms with E-state index in [1.54, 1.807) is 12.3 Å². The summed E-state index contributed by atoms with van der Waals surface area (Å²) in [6, 6.07) is 7.00. The predicted octanol–water partition coefficient (Wildman–Crippen LogP) is 3.87. The average Bonchev–Trinajstić information content (AvgIpc) is 3.36. The number of anilines is 1. The maximum atomic E-state index is 13.5. The number of nitrogens with two attached hydrogens (primary N) is 1. The molecule has 1 saturated heterocycles. The van der Waals surface area contributed by atoms with E-state index in [0.717, 1.165) is 57.8 Å². The number of benzene rings is 1. The standard InChI is InChI=1S/C20H19FN6S/c21-14-1-2-17-18(8-14)28-20(26-17)16-7-12(9-24-19(16)22)13-10-25-27(11-13)15-3-5-23-6-4-15/h1-2,7-11,15,23H,3-6H2,(H2,22,24). The van der Waals surface area contributed by atoms with E-state index >= 15 is 0 Å². The van der Waals surface area contributed by atoms with Crippen LogP contribution in [0.25, 0.3) is 31.9 Å². The van der Waals surface area contributed by atoms with Crippen molar-refractivity contribution in [3.8, 4) is 21.7 Å². The van der Waals surface area contributed by atoms with Crippen LogP contribution in [0.3, 0.4) is 0 Å². The Labute approximate surface area is 165 Å². The summed E-state index contributed by atoms with van der Waals surface area (Å²) in [5.74, 6) is 0.141. The molecule has 0 aliphatic carbocycles. The molecule has 5 rings (SSSR count). The predicted molar refractivity (Wildman–Crippen MR) is 110 cm³/mol. The first-order valence-corrected chi connectivity index (χ1v) is 10.1. The number of pyridine rings is 1. The van der Waals surface area contributed by atoms with E-state index in [2.05, 4.69) is 26.6 Å². The third kappa shape index (κ3) is 3.14. The Morgan fingerprint density at radius 2 is 2.00 bits per heavy atom. The van der Waals surface area contributed by atoms with E-state index in [4.69, 9.17) is 5.73 Å². The number of nitrogens with one attached hydrogen (secondary N) is 1. The minimum Gasteiger partial charge on any atom is -0.383 e. The van der Waals surface area contributed by atoms with Gasteiger partial charge in [-0.1, -0.05) is 0 Å². The third-order valence-electron chi connectivity index (χ3n) is 5.12. The Kier molecular flexibility index (Phi) is 4.29. The molecule has 1 aromatic carbocycles. The number of hydrogen-bond donors (Lipinski definition) is 2. The number of thiazole rings is 1. The summed E-state index contributed by atoms with van der Waals surface area (Å²) in [5.41, 5.74) is 9.58. The van der Waals surface area contributed by atoms with E-state index in [9.17, 15) is 4.39 Å². The molecule has 142 valence electrons. The largest absolute Gasteiger partial charge is 0.383 e. The molecule has 0 unspecified atom stereocenters. The number of fused-ring (bicyclic) bond motifs is 1. The molecule has 3 N–H and O–H groups in total. The normalized spacial score (nSPS) is 15.3. The van der Waals surface area contributed by atoms with Crippen molar-refractivity contribution in [2.24, 2.45) is 0 Å². The number of hydrogen-bond acceptors (Lipinski definition) is 6. The van der Waals surface area contributed by atoms with Gasteiger partial charge in [0.15, 0.2) is 0 Å². The number of halogens is 1. The highest BCUT2D eigenvalue weighted by molar-refractivity contribution is 7.21. The molecule has 0 saturated carbocycles. The Hall–Kier alpha value is -2.84. The molecule has 4 aromatic rings. The van der Waals surface area contributed by atoms with Gasteiger partial charge in [-0.15, -0.1) is 11.3 Å². The number of rotatable bonds is 3. The Balaban J connectivity index is 1.51. The summed E-state index contributed by atoms with van der Waals surface area (Å²) in [6.07, 6.45) is 7.85. The van der Waals surface area contributed by atoms with Crippen molar-refractivity contribution in [2.75, 3.05) is 18.8 Å². The van der Waals surface area contributed by atoms with Crippen LogP contribution >= 0.6 is 11.3 Å². The molecular weight excluding hydrogens is 375 g/mol. The van der Waals surface area contributed by atoms with E-state index < -0.39 is 0 Å². The van der Waals surface area contributed by atoms with Crippen LogP contribution in [0.1, 0.15) is 18.9 Å². The van der Waals surface area contributed by atoms with Crippen LogP contribution in [0, 0.1) is 5.82 Å². The van der Waals surface area contributed by atoms with Crippen molar-refractivity contribution in [1.29, 1.82) is 0 Å². The van der Waals surface area contributed by atoms with Crippen molar-refractivity contribution in [2.45, 2.75) is 18.9 Å². The third-order valence-corrected chi connectivity index (χ3v) is 6.17. The lowest BCUT2D eigenvalue weighted by Crippen LogP contribution is -2.29. The van der Waals surface area contributed by atoms with E-state index in [-0.39, 0.29) is 5.82 Å². The second-order valence-electron chi connectivity index (χ2n) is 6.98. The lowest BCUT2D eigenvalue weighted by Gasteiger charge is -2.22. The molecule has 1 aliphatic rings. The first-order valence-electron chi connectivity index (χ1n) is 9.24. The summed E-state index contributed by atoms with van der Waals surface area (Å²) < 4.78 is 16.3. The minimum atomic E-state index is -0.270. The smallest absolute Gasteiger partial charge is 0.133 e. The highest BCUT2D eigenvalue weighted by Crippen LogP contribution is 2.35. The molecule has 28 heavy (non-hydrogen) atoms. The first-order chi connectivity index (χ1) is 13.7. The molecule has 1 fully saturated rings. The summed E-state index contributed by atoms with van der Waals surface area (Å²) in [4.78, 5) is 8.97. The van der Waals surface area contributed by atoms with E-state index in [0.29, 0.717) is 11.9 Å². The van der Waals surface area contributed by atoms with Crippen LogP contribution in [0.4, 0.5) is 10.2 Å². The van der Waals surface area contributed by atoms with Crippen LogP contribution in [0.15, 0.2) is 42.9 Å². The van der Waals surface area contributed by atoms with Gasteiger partial charge in [-0.25, -0.2) is 14.4 Å². The SMILES string of the molecule is Nc1ncc(-c2cnn(C3CCNCC3)c2)cc1-c1nc2ccc(F)cc2s1. The van der Waals surface area contributed by atoms with Gasteiger partial charge in [0, 0.05) is 23.5 Å². The zero-order valence-electron chi connectivity index (χ0n) is 15.1.